The molecule has 0 aliphatic rings. The van der Waals surface area contributed by atoms with Gasteiger partial charge < -0.3 is 4.98 Å². The van der Waals surface area contributed by atoms with Gasteiger partial charge in [0.05, 0.1) is 16.9 Å². The highest BCUT2D eigenvalue weighted by molar-refractivity contribution is 6.17. The molecule has 86 valence electrons. The molecule has 0 spiro atoms. The van der Waals surface area contributed by atoms with Crippen molar-refractivity contribution in [3.63, 3.8) is 0 Å². The van der Waals surface area contributed by atoms with Crippen molar-refractivity contribution in [2.24, 2.45) is 0 Å². The molecule has 0 aliphatic carbocycles. The summed E-state index contributed by atoms with van der Waals surface area (Å²) in [6, 6.07) is 6.92. The van der Waals surface area contributed by atoms with Crippen LogP contribution in [0, 0.1) is 5.82 Å². The monoisotopic (exact) mass is 250 g/mol. The lowest BCUT2D eigenvalue weighted by Gasteiger charge is -2.05. The van der Waals surface area contributed by atoms with E-state index >= 15 is 0 Å². The molecule has 3 nitrogen and oxygen atoms in total. The van der Waals surface area contributed by atoms with Crippen LogP contribution in [0.1, 0.15) is 5.56 Å². The summed E-state index contributed by atoms with van der Waals surface area (Å²) in [4.78, 5) is 14.2. The van der Waals surface area contributed by atoms with Crippen LogP contribution in [-0.2, 0) is 5.88 Å². The number of benzene rings is 1. The summed E-state index contributed by atoms with van der Waals surface area (Å²) < 4.78 is 15.5. The summed E-state index contributed by atoms with van der Waals surface area (Å²) in [6.07, 6.45) is 1.64. The molecule has 0 saturated heterocycles. The van der Waals surface area contributed by atoms with Gasteiger partial charge in [-0.3, -0.25) is 4.40 Å². The Bertz CT molecular complexity index is 775. The maximum Gasteiger partial charge on any atom is 0.330 e. The molecule has 17 heavy (non-hydrogen) atoms. The molecule has 5 heteroatoms. The minimum atomic E-state index is -0.460. The number of hydrogen-bond acceptors (Lipinski definition) is 1. The van der Waals surface area contributed by atoms with Crippen LogP contribution in [0.15, 0.2) is 35.3 Å². The van der Waals surface area contributed by atoms with Crippen molar-refractivity contribution >= 4 is 28.0 Å². The third-order valence-electron chi connectivity index (χ3n) is 2.84. The first-order chi connectivity index (χ1) is 8.22. The molecule has 0 unspecified atom stereocenters. The van der Waals surface area contributed by atoms with Crippen molar-refractivity contribution in [1.82, 2.24) is 9.38 Å². The van der Waals surface area contributed by atoms with E-state index in [9.17, 15) is 9.18 Å². The van der Waals surface area contributed by atoms with Crippen LogP contribution in [0.2, 0.25) is 0 Å². The van der Waals surface area contributed by atoms with Crippen LogP contribution in [0.25, 0.3) is 16.4 Å². The van der Waals surface area contributed by atoms with Gasteiger partial charge in [0.2, 0.25) is 0 Å². The molecule has 0 atom stereocenters. The van der Waals surface area contributed by atoms with Gasteiger partial charge in [-0.1, -0.05) is 12.1 Å². The molecular weight excluding hydrogens is 243 g/mol. The molecule has 2 aromatic heterocycles. The van der Waals surface area contributed by atoms with E-state index in [1.54, 1.807) is 30.5 Å². The van der Waals surface area contributed by atoms with Gasteiger partial charge in [-0.15, -0.1) is 11.6 Å². The van der Waals surface area contributed by atoms with Crippen LogP contribution in [0.3, 0.4) is 0 Å². The number of halogens is 2. The molecule has 2 heterocycles. The Morgan fingerprint density at radius 2 is 2.18 bits per heavy atom. The SMILES string of the molecule is O=c1[nH]c2c(F)c(CCl)ccc2c2cccn12. The first-order valence-corrected chi connectivity index (χ1v) is 5.62. The van der Waals surface area contributed by atoms with Gasteiger partial charge in [0.1, 0.15) is 0 Å². The predicted molar refractivity (Wildman–Crippen MR) is 65.0 cm³/mol. The van der Waals surface area contributed by atoms with E-state index in [1.165, 1.54) is 4.40 Å². The number of nitrogens with zero attached hydrogens (tertiary/aromatic N) is 1. The summed E-state index contributed by atoms with van der Waals surface area (Å²) in [5, 5.41) is 0.668. The van der Waals surface area contributed by atoms with Gasteiger partial charge in [0.15, 0.2) is 5.82 Å². The number of hydrogen-bond donors (Lipinski definition) is 1. The Hall–Kier alpha value is -1.81. The number of fused-ring (bicyclic) bond motifs is 3. The zero-order chi connectivity index (χ0) is 12.0. The van der Waals surface area contributed by atoms with Crippen molar-refractivity contribution in [2.45, 2.75) is 5.88 Å². The van der Waals surface area contributed by atoms with E-state index in [2.05, 4.69) is 4.98 Å². The van der Waals surface area contributed by atoms with Crippen molar-refractivity contribution < 1.29 is 4.39 Å². The number of aromatic amines is 1. The normalized spacial score (nSPS) is 11.4. The summed E-state index contributed by atoms with van der Waals surface area (Å²) in [5.74, 6) is -0.381. The molecule has 0 bridgehead atoms. The van der Waals surface area contributed by atoms with E-state index in [1.807, 2.05) is 0 Å². The molecule has 1 aromatic carbocycles. The van der Waals surface area contributed by atoms with Crippen LogP contribution in [0.5, 0.6) is 0 Å². The minimum absolute atomic E-state index is 0.0794. The van der Waals surface area contributed by atoms with Crippen molar-refractivity contribution in [3.8, 4) is 0 Å². The molecule has 0 amide bonds. The second-order valence-corrected chi connectivity index (χ2v) is 4.06. The number of H-pyrrole nitrogens is 1. The average Bonchev–Trinajstić information content (AvgIpc) is 2.81. The van der Waals surface area contributed by atoms with Gasteiger partial charge >= 0.3 is 5.69 Å². The number of alkyl halides is 1. The Morgan fingerprint density at radius 3 is 2.94 bits per heavy atom. The van der Waals surface area contributed by atoms with Gasteiger partial charge in [0.25, 0.3) is 0 Å². The Balaban J connectivity index is 2.58. The van der Waals surface area contributed by atoms with Crippen molar-refractivity contribution in [2.75, 3.05) is 0 Å². The largest absolute Gasteiger partial charge is 0.330 e. The first-order valence-electron chi connectivity index (χ1n) is 5.09. The smallest absolute Gasteiger partial charge is 0.304 e. The van der Waals surface area contributed by atoms with Gasteiger partial charge in [0, 0.05) is 17.1 Å². The van der Waals surface area contributed by atoms with E-state index in [4.69, 9.17) is 11.6 Å². The molecule has 1 N–H and O–H groups in total. The minimum Gasteiger partial charge on any atom is -0.304 e. The second kappa shape index (κ2) is 3.60. The maximum absolute atomic E-state index is 14.0. The lowest BCUT2D eigenvalue weighted by molar-refractivity contribution is 0.625. The number of rotatable bonds is 1. The summed E-state index contributed by atoms with van der Waals surface area (Å²) >= 11 is 5.63. The first kappa shape index (κ1) is 10.4. The zero-order valence-corrected chi connectivity index (χ0v) is 9.46. The van der Waals surface area contributed by atoms with E-state index in [0.29, 0.717) is 16.5 Å². The van der Waals surface area contributed by atoms with Crippen LogP contribution in [-0.4, -0.2) is 9.38 Å². The fraction of sp³-hybridized carbons (Fsp3) is 0.0833. The highest BCUT2D eigenvalue weighted by Gasteiger charge is 2.11. The predicted octanol–water partition coefficient (Wildman–Crippen LogP) is 2.66. The number of aromatic nitrogens is 2. The topological polar surface area (TPSA) is 37.3 Å². The zero-order valence-electron chi connectivity index (χ0n) is 8.71. The molecular formula is C12H8ClFN2O. The number of nitrogens with one attached hydrogen (secondary N) is 1. The maximum atomic E-state index is 14.0. The third-order valence-corrected chi connectivity index (χ3v) is 3.13. The van der Waals surface area contributed by atoms with Crippen LogP contribution < -0.4 is 5.69 Å². The van der Waals surface area contributed by atoms with Gasteiger partial charge in [-0.25, -0.2) is 9.18 Å². The van der Waals surface area contributed by atoms with Crippen molar-refractivity contribution in [1.29, 1.82) is 0 Å². The fourth-order valence-corrected chi connectivity index (χ4v) is 2.21. The van der Waals surface area contributed by atoms with E-state index < -0.39 is 5.82 Å². The van der Waals surface area contributed by atoms with E-state index in [0.717, 1.165) is 0 Å². The molecule has 0 aliphatic heterocycles. The Labute approximate surface area is 100 Å². The van der Waals surface area contributed by atoms with Crippen LogP contribution >= 0.6 is 11.6 Å². The average molecular weight is 251 g/mol. The highest BCUT2D eigenvalue weighted by Crippen LogP contribution is 2.23. The Kier molecular flexibility index (Phi) is 2.19. The van der Waals surface area contributed by atoms with Gasteiger partial charge in [-0.05, 0) is 12.1 Å². The molecule has 0 fully saturated rings. The molecule has 0 saturated carbocycles. The summed E-state index contributed by atoms with van der Waals surface area (Å²) in [7, 11) is 0. The lowest BCUT2D eigenvalue weighted by atomic mass is 10.1. The second-order valence-electron chi connectivity index (χ2n) is 3.79. The summed E-state index contributed by atoms with van der Waals surface area (Å²) in [6.45, 7) is 0. The third kappa shape index (κ3) is 1.37. The van der Waals surface area contributed by atoms with Crippen molar-refractivity contribution in [3.05, 3.63) is 52.3 Å². The quantitative estimate of drug-likeness (QED) is 0.663. The fourth-order valence-electron chi connectivity index (χ4n) is 2.00. The standard InChI is InChI=1S/C12H8ClFN2O/c13-6-7-3-4-8-9-2-1-5-16(9)12(17)15-11(8)10(7)14/h1-5H,6H2,(H,15,17). The molecule has 3 aromatic rings. The van der Waals surface area contributed by atoms with Gasteiger partial charge in [-0.2, -0.15) is 0 Å². The van der Waals surface area contributed by atoms with Crippen LogP contribution in [0.4, 0.5) is 4.39 Å². The highest BCUT2D eigenvalue weighted by atomic mass is 35.5. The summed E-state index contributed by atoms with van der Waals surface area (Å²) in [5.41, 5.74) is 0.914. The molecule has 3 rings (SSSR count). The lowest BCUT2D eigenvalue weighted by Crippen LogP contribution is -2.15. The molecule has 0 radical (unpaired) electrons. The Morgan fingerprint density at radius 1 is 1.35 bits per heavy atom. The van der Waals surface area contributed by atoms with E-state index in [-0.39, 0.29) is 17.1 Å².